The molecule has 1 aromatic heterocycles. The molecule has 5 heteroatoms. The molecule has 0 aliphatic rings. The number of rotatable bonds is 5. The number of pyridine rings is 1. The van der Waals surface area contributed by atoms with E-state index in [1.807, 2.05) is 30.3 Å². The molecule has 0 fully saturated rings. The van der Waals surface area contributed by atoms with Crippen molar-refractivity contribution in [3.05, 3.63) is 42.1 Å². The second-order valence-electron chi connectivity index (χ2n) is 3.96. The van der Waals surface area contributed by atoms with E-state index in [-0.39, 0.29) is 0 Å². The predicted molar refractivity (Wildman–Crippen MR) is 71.0 cm³/mol. The van der Waals surface area contributed by atoms with Gasteiger partial charge in [0.2, 0.25) is 0 Å². The zero-order chi connectivity index (χ0) is 12.8. The summed E-state index contributed by atoms with van der Waals surface area (Å²) in [6, 6.07) is 9.58. The summed E-state index contributed by atoms with van der Waals surface area (Å²) in [5, 5.41) is 6.90. The number of nitrogens with one attached hydrogen (secondary N) is 2. The topological polar surface area (TPSA) is 80.0 Å². The fourth-order valence-electron chi connectivity index (χ4n) is 1.81. The Bertz CT molecular complexity index is 536. The van der Waals surface area contributed by atoms with E-state index in [1.165, 1.54) is 0 Å². The van der Waals surface area contributed by atoms with Crippen LogP contribution in [0.25, 0.3) is 10.9 Å². The number of primary amides is 1. The SMILES string of the molecule is NC(=O)NCCNCc1cccc2cccnc12. The van der Waals surface area contributed by atoms with Crippen LogP contribution in [0.3, 0.4) is 0 Å². The predicted octanol–water partition coefficient (Wildman–Crippen LogP) is 0.993. The summed E-state index contributed by atoms with van der Waals surface area (Å²) in [5.74, 6) is 0. The van der Waals surface area contributed by atoms with Gasteiger partial charge < -0.3 is 16.4 Å². The van der Waals surface area contributed by atoms with Gasteiger partial charge in [-0.15, -0.1) is 0 Å². The van der Waals surface area contributed by atoms with E-state index >= 15 is 0 Å². The van der Waals surface area contributed by atoms with Crippen LogP contribution < -0.4 is 16.4 Å². The van der Waals surface area contributed by atoms with Gasteiger partial charge in [-0.25, -0.2) is 4.79 Å². The third kappa shape index (κ3) is 3.18. The summed E-state index contributed by atoms with van der Waals surface area (Å²) in [7, 11) is 0. The fourth-order valence-corrected chi connectivity index (χ4v) is 1.81. The first-order valence-corrected chi connectivity index (χ1v) is 5.84. The molecular weight excluding hydrogens is 228 g/mol. The van der Waals surface area contributed by atoms with Crippen LogP contribution in [0.5, 0.6) is 0 Å². The summed E-state index contributed by atoms with van der Waals surface area (Å²) in [4.78, 5) is 14.9. The Morgan fingerprint density at radius 3 is 2.89 bits per heavy atom. The van der Waals surface area contributed by atoms with E-state index < -0.39 is 6.03 Å². The smallest absolute Gasteiger partial charge is 0.312 e. The lowest BCUT2D eigenvalue weighted by atomic mass is 10.1. The van der Waals surface area contributed by atoms with E-state index in [2.05, 4.69) is 15.6 Å². The van der Waals surface area contributed by atoms with Crippen LogP contribution in [0.4, 0.5) is 4.79 Å². The van der Waals surface area contributed by atoms with Gasteiger partial charge in [0.15, 0.2) is 0 Å². The monoisotopic (exact) mass is 244 g/mol. The summed E-state index contributed by atoms with van der Waals surface area (Å²) in [6.07, 6.45) is 1.79. The van der Waals surface area contributed by atoms with Gasteiger partial charge in [0.25, 0.3) is 0 Å². The summed E-state index contributed by atoms with van der Waals surface area (Å²) < 4.78 is 0. The first kappa shape index (κ1) is 12.3. The molecule has 0 aliphatic heterocycles. The number of aromatic nitrogens is 1. The number of para-hydroxylation sites is 1. The van der Waals surface area contributed by atoms with Gasteiger partial charge in [-0.3, -0.25) is 4.98 Å². The van der Waals surface area contributed by atoms with E-state index in [9.17, 15) is 4.79 Å². The van der Waals surface area contributed by atoms with Crippen molar-refractivity contribution < 1.29 is 4.79 Å². The van der Waals surface area contributed by atoms with Crippen LogP contribution in [0, 0.1) is 0 Å². The number of nitrogens with zero attached hydrogens (tertiary/aromatic N) is 1. The molecule has 0 radical (unpaired) electrons. The standard InChI is InChI=1S/C13H16N4O/c14-13(18)17-8-7-15-9-11-4-1-3-10-5-2-6-16-12(10)11/h1-6,15H,7-9H2,(H3,14,17,18). The molecule has 0 aliphatic carbocycles. The van der Waals surface area contributed by atoms with Crippen LogP contribution in [-0.4, -0.2) is 24.1 Å². The fraction of sp³-hybridized carbons (Fsp3) is 0.231. The second-order valence-corrected chi connectivity index (χ2v) is 3.96. The lowest BCUT2D eigenvalue weighted by molar-refractivity contribution is 0.249. The Hall–Kier alpha value is -2.14. The Morgan fingerprint density at radius 2 is 2.06 bits per heavy atom. The molecule has 1 heterocycles. The number of amides is 2. The summed E-state index contributed by atoms with van der Waals surface area (Å²) >= 11 is 0. The van der Waals surface area contributed by atoms with Crippen LogP contribution in [0.1, 0.15) is 5.56 Å². The van der Waals surface area contributed by atoms with Gasteiger partial charge in [0.1, 0.15) is 0 Å². The zero-order valence-electron chi connectivity index (χ0n) is 10.0. The van der Waals surface area contributed by atoms with E-state index in [4.69, 9.17) is 5.73 Å². The number of nitrogens with two attached hydrogens (primary N) is 1. The van der Waals surface area contributed by atoms with Crippen molar-refractivity contribution >= 4 is 16.9 Å². The van der Waals surface area contributed by atoms with Gasteiger partial charge in [-0.1, -0.05) is 24.3 Å². The molecule has 0 spiro atoms. The average Bonchev–Trinajstić information content (AvgIpc) is 2.38. The highest BCUT2D eigenvalue weighted by molar-refractivity contribution is 5.81. The maximum atomic E-state index is 10.5. The normalized spacial score (nSPS) is 10.4. The second kappa shape index (κ2) is 5.97. The molecule has 2 rings (SSSR count). The van der Waals surface area contributed by atoms with Gasteiger partial charge in [-0.05, 0) is 11.6 Å². The summed E-state index contributed by atoms with van der Waals surface area (Å²) in [5.41, 5.74) is 7.13. The molecule has 4 N–H and O–H groups in total. The molecule has 2 aromatic rings. The van der Waals surface area contributed by atoms with Crippen molar-refractivity contribution in [1.82, 2.24) is 15.6 Å². The Balaban J connectivity index is 1.93. The quantitative estimate of drug-likeness (QED) is 0.686. The summed E-state index contributed by atoms with van der Waals surface area (Å²) in [6.45, 7) is 1.91. The highest BCUT2D eigenvalue weighted by atomic mass is 16.2. The molecular formula is C13H16N4O. The van der Waals surface area contributed by atoms with Crippen LogP contribution >= 0.6 is 0 Å². The van der Waals surface area contributed by atoms with E-state index in [1.54, 1.807) is 6.20 Å². The average molecular weight is 244 g/mol. The van der Waals surface area contributed by atoms with Crippen LogP contribution in [0.2, 0.25) is 0 Å². The minimum Gasteiger partial charge on any atom is -0.352 e. The number of benzene rings is 1. The molecule has 94 valence electrons. The molecule has 0 bridgehead atoms. The third-order valence-electron chi connectivity index (χ3n) is 2.63. The number of urea groups is 1. The van der Waals surface area contributed by atoms with Gasteiger partial charge in [0, 0.05) is 31.2 Å². The highest BCUT2D eigenvalue weighted by Crippen LogP contribution is 2.15. The number of carbonyl (C=O) groups excluding carboxylic acids is 1. The third-order valence-corrected chi connectivity index (χ3v) is 2.63. The Kier molecular flexibility index (Phi) is 4.09. The van der Waals surface area contributed by atoms with Crippen molar-refractivity contribution in [2.24, 2.45) is 5.73 Å². The number of hydrogen-bond acceptors (Lipinski definition) is 3. The highest BCUT2D eigenvalue weighted by Gasteiger charge is 2.00. The molecule has 0 atom stereocenters. The van der Waals surface area contributed by atoms with Crippen molar-refractivity contribution in [2.45, 2.75) is 6.54 Å². The molecule has 1 aromatic carbocycles. The maximum absolute atomic E-state index is 10.5. The number of hydrogen-bond donors (Lipinski definition) is 3. The van der Waals surface area contributed by atoms with Crippen molar-refractivity contribution in [1.29, 1.82) is 0 Å². The first-order chi connectivity index (χ1) is 8.77. The molecule has 0 saturated heterocycles. The van der Waals surface area contributed by atoms with E-state index in [0.717, 1.165) is 23.0 Å². The maximum Gasteiger partial charge on any atom is 0.312 e. The van der Waals surface area contributed by atoms with Gasteiger partial charge in [-0.2, -0.15) is 0 Å². The van der Waals surface area contributed by atoms with Crippen LogP contribution in [0.15, 0.2) is 36.5 Å². The van der Waals surface area contributed by atoms with Crippen molar-refractivity contribution in [3.63, 3.8) is 0 Å². The first-order valence-electron chi connectivity index (χ1n) is 5.84. The zero-order valence-corrected chi connectivity index (χ0v) is 10.0. The van der Waals surface area contributed by atoms with Crippen molar-refractivity contribution in [2.75, 3.05) is 13.1 Å². The van der Waals surface area contributed by atoms with Crippen LogP contribution in [-0.2, 0) is 6.54 Å². The number of carbonyl (C=O) groups is 1. The molecule has 2 amide bonds. The molecule has 5 nitrogen and oxygen atoms in total. The molecule has 0 saturated carbocycles. The number of fused-ring (bicyclic) bond motifs is 1. The van der Waals surface area contributed by atoms with Crippen molar-refractivity contribution in [3.8, 4) is 0 Å². The lowest BCUT2D eigenvalue weighted by Crippen LogP contribution is -2.35. The van der Waals surface area contributed by atoms with Gasteiger partial charge in [0.05, 0.1) is 5.52 Å². The Morgan fingerprint density at radius 1 is 1.22 bits per heavy atom. The largest absolute Gasteiger partial charge is 0.352 e. The molecule has 0 unspecified atom stereocenters. The Labute approximate surface area is 105 Å². The molecule has 18 heavy (non-hydrogen) atoms. The van der Waals surface area contributed by atoms with E-state index in [0.29, 0.717) is 13.1 Å². The van der Waals surface area contributed by atoms with Gasteiger partial charge >= 0.3 is 6.03 Å². The minimum absolute atomic E-state index is 0.497. The minimum atomic E-state index is -0.497. The lowest BCUT2D eigenvalue weighted by Gasteiger charge is -2.07.